The van der Waals surface area contributed by atoms with Crippen molar-refractivity contribution in [3.05, 3.63) is 18.0 Å². The van der Waals surface area contributed by atoms with Gasteiger partial charge in [0.1, 0.15) is 0 Å². The van der Waals surface area contributed by atoms with Gasteiger partial charge in [-0.2, -0.15) is 0 Å². The molecule has 110 valence electrons. The van der Waals surface area contributed by atoms with E-state index in [0.29, 0.717) is 0 Å². The number of β-amino-alcohol motifs (C(OH)–C–C–N with tert-alkyl or cyclic N) is 1. The minimum absolute atomic E-state index is 0.190. The summed E-state index contributed by atoms with van der Waals surface area (Å²) in [6, 6.07) is 1.96. The normalized spacial score (nSPS) is 24.9. The highest BCUT2D eigenvalue weighted by Gasteiger charge is 2.19. The molecule has 0 amide bonds. The first-order valence-corrected chi connectivity index (χ1v) is 7.36. The highest BCUT2D eigenvalue weighted by atomic mass is 16.5. The lowest BCUT2D eigenvalue weighted by molar-refractivity contribution is 0.0662. The van der Waals surface area contributed by atoms with Gasteiger partial charge in [-0.25, -0.2) is 9.97 Å². The maximum Gasteiger partial charge on any atom is 0.225 e. The molecule has 1 atom stereocenters. The number of nitrogens with zero attached hydrogens (tertiary/aromatic N) is 4. The highest BCUT2D eigenvalue weighted by molar-refractivity contribution is 5.30. The summed E-state index contributed by atoms with van der Waals surface area (Å²) in [5.41, 5.74) is 1.02. The molecule has 0 bridgehead atoms. The summed E-state index contributed by atoms with van der Waals surface area (Å²) in [5, 5.41) is 9.72. The second-order valence-corrected chi connectivity index (χ2v) is 5.48. The Labute approximate surface area is 119 Å². The van der Waals surface area contributed by atoms with Gasteiger partial charge in [-0.15, -0.1) is 0 Å². The molecule has 0 saturated carbocycles. The predicted octanol–water partition coefficient (Wildman–Crippen LogP) is 0.270. The van der Waals surface area contributed by atoms with Crippen LogP contribution in [0, 0.1) is 0 Å². The molecule has 3 rings (SSSR count). The minimum atomic E-state index is -0.190. The number of aliphatic hydroxyl groups excluding tert-OH is 1. The molecule has 6 nitrogen and oxygen atoms in total. The van der Waals surface area contributed by atoms with Crippen LogP contribution in [0.25, 0.3) is 0 Å². The zero-order valence-corrected chi connectivity index (χ0v) is 11.7. The van der Waals surface area contributed by atoms with Gasteiger partial charge in [-0.05, 0) is 25.5 Å². The van der Waals surface area contributed by atoms with E-state index >= 15 is 0 Å². The van der Waals surface area contributed by atoms with Crippen molar-refractivity contribution in [1.29, 1.82) is 0 Å². The third kappa shape index (κ3) is 3.45. The maximum atomic E-state index is 9.72. The van der Waals surface area contributed by atoms with Crippen molar-refractivity contribution in [2.75, 3.05) is 44.3 Å². The van der Waals surface area contributed by atoms with Crippen molar-refractivity contribution in [1.82, 2.24) is 14.9 Å². The first-order chi connectivity index (χ1) is 9.81. The van der Waals surface area contributed by atoms with Crippen LogP contribution in [0.4, 0.5) is 5.95 Å². The Morgan fingerprint density at radius 1 is 1.30 bits per heavy atom. The Bertz CT molecular complexity index is 437. The van der Waals surface area contributed by atoms with Crippen LogP contribution in [0.15, 0.2) is 12.3 Å². The van der Waals surface area contributed by atoms with Crippen molar-refractivity contribution in [2.45, 2.75) is 25.5 Å². The van der Waals surface area contributed by atoms with E-state index in [1.807, 2.05) is 12.3 Å². The largest absolute Gasteiger partial charge is 0.392 e. The first-order valence-electron chi connectivity index (χ1n) is 7.36. The molecule has 0 spiro atoms. The van der Waals surface area contributed by atoms with Crippen LogP contribution in [0.3, 0.4) is 0 Å². The highest BCUT2D eigenvalue weighted by Crippen LogP contribution is 2.14. The molecule has 2 fully saturated rings. The molecule has 0 aromatic carbocycles. The van der Waals surface area contributed by atoms with Crippen LogP contribution in [0.1, 0.15) is 18.5 Å². The summed E-state index contributed by atoms with van der Waals surface area (Å²) in [4.78, 5) is 13.4. The Morgan fingerprint density at radius 3 is 2.95 bits per heavy atom. The molecule has 0 unspecified atom stereocenters. The van der Waals surface area contributed by atoms with E-state index in [2.05, 4.69) is 19.8 Å². The standard InChI is InChI=1S/C14H22N4O2/c19-13-2-1-5-17(11-13)10-12-3-4-15-14(16-12)18-6-8-20-9-7-18/h3-4,13,19H,1-2,5-11H2/t13-/m0/s1. The third-order valence-electron chi connectivity index (χ3n) is 3.86. The average Bonchev–Trinajstić information content (AvgIpc) is 2.48. The predicted molar refractivity (Wildman–Crippen MR) is 75.6 cm³/mol. The molecule has 2 aliphatic heterocycles. The number of morpholine rings is 1. The van der Waals surface area contributed by atoms with Gasteiger partial charge in [0.15, 0.2) is 0 Å². The fourth-order valence-corrected chi connectivity index (χ4v) is 2.79. The smallest absolute Gasteiger partial charge is 0.225 e. The lowest BCUT2D eigenvalue weighted by Gasteiger charge is -2.30. The molecule has 1 N–H and O–H groups in total. The number of ether oxygens (including phenoxy) is 1. The molecular weight excluding hydrogens is 256 g/mol. The lowest BCUT2D eigenvalue weighted by atomic mass is 10.1. The van der Waals surface area contributed by atoms with E-state index in [0.717, 1.165) is 70.4 Å². The van der Waals surface area contributed by atoms with Gasteiger partial charge in [0.25, 0.3) is 0 Å². The van der Waals surface area contributed by atoms with Crippen LogP contribution in [-0.2, 0) is 11.3 Å². The number of anilines is 1. The Hall–Kier alpha value is -1.24. The molecule has 3 heterocycles. The maximum absolute atomic E-state index is 9.72. The number of hydrogen-bond acceptors (Lipinski definition) is 6. The van der Waals surface area contributed by atoms with Gasteiger partial charge >= 0.3 is 0 Å². The summed E-state index contributed by atoms with van der Waals surface area (Å²) >= 11 is 0. The number of likely N-dealkylation sites (tertiary alicyclic amines) is 1. The molecule has 0 aliphatic carbocycles. The van der Waals surface area contributed by atoms with E-state index in [1.54, 1.807) is 0 Å². The molecule has 0 radical (unpaired) electrons. The summed E-state index contributed by atoms with van der Waals surface area (Å²) in [6.45, 7) is 5.76. The van der Waals surface area contributed by atoms with E-state index in [4.69, 9.17) is 4.74 Å². The monoisotopic (exact) mass is 278 g/mol. The molecule has 6 heteroatoms. The first kappa shape index (κ1) is 13.7. The summed E-state index contributed by atoms with van der Waals surface area (Å²) in [5.74, 6) is 0.795. The van der Waals surface area contributed by atoms with Crippen LogP contribution in [-0.4, -0.2) is 65.5 Å². The number of aliphatic hydroxyl groups is 1. The van der Waals surface area contributed by atoms with Gasteiger partial charge in [0.2, 0.25) is 5.95 Å². The van der Waals surface area contributed by atoms with Crippen LogP contribution < -0.4 is 4.90 Å². The topological polar surface area (TPSA) is 61.7 Å². The quantitative estimate of drug-likeness (QED) is 0.856. The second kappa shape index (κ2) is 6.47. The fourth-order valence-electron chi connectivity index (χ4n) is 2.79. The fraction of sp³-hybridized carbons (Fsp3) is 0.714. The summed E-state index contributed by atoms with van der Waals surface area (Å²) in [6.07, 6.45) is 3.61. The molecule has 1 aromatic rings. The van der Waals surface area contributed by atoms with Crippen LogP contribution in [0.5, 0.6) is 0 Å². The van der Waals surface area contributed by atoms with Crippen molar-refractivity contribution >= 4 is 5.95 Å². The second-order valence-electron chi connectivity index (χ2n) is 5.48. The molecule has 2 aliphatic rings. The van der Waals surface area contributed by atoms with Crippen molar-refractivity contribution in [3.63, 3.8) is 0 Å². The Kier molecular flexibility index (Phi) is 4.44. The van der Waals surface area contributed by atoms with E-state index < -0.39 is 0 Å². The number of aromatic nitrogens is 2. The average molecular weight is 278 g/mol. The van der Waals surface area contributed by atoms with E-state index in [-0.39, 0.29) is 6.10 Å². The Balaban J connectivity index is 1.64. The number of rotatable bonds is 3. The molecule has 20 heavy (non-hydrogen) atoms. The number of piperidine rings is 1. The molecule has 1 aromatic heterocycles. The zero-order valence-electron chi connectivity index (χ0n) is 11.7. The number of hydrogen-bond donors (Lipinski definition) is 1. The van der Waals surface area contributed by atoms with Crippen molar-refractivity contribution in [3.8, 4) is 0 Å². The minimum Gasteiger partial charge on any atom is -0.392 e. The van der Waals surface area contributed by atoms with Gasteiger partial charge in [-0.3, -0.25) is 4.90 Å². The van der Waals surface area contributed by atoms with Crippen LogP contribution in [0.2, 0.25) is 0 Å². The molecule has 2 saturated heterocycles. The molecular formula is C14H22N4O2. The summed E-state index contributed by atoms with van der Waals surface area (Å²) in [7, 11) is 0. The van der Waals surface area contributed by atoms with Gasteiger partial charge in [0, 0.05) is 32.4 Å². The van der Waals surface area contributed by atoms with E-state index in [1.165, 1.54) is 0 Å². The zero-order chi connectivity index (χ0) is 13.8. The SMILES string of the molecule is O[C@H]1CCCN(Cc2ccnc(N3CCOCC3)n2)C1. The lowest BCUT2D eigenvalue weighted by Crippen LogP contribution is -2.39. The van der Waals surface area contributed by atoms with Gasteiger partial charge in [0.05, 0.1) is 25.0 Å². The van der Waals surface area contributed by atoms with Gasteiger partial charge < -0.3 is 14.7 Å². The summed E-state index contributed by atoms with van der Waals surface area (Å²) < 4.78 is 5.35. The van der Waals surface area contributed by atoms with Crippen molar-refractivity contribution in [2.24, 2.45) is 0 Å². The van der Waals surface area contributed by atoms with Crippen LogP contribution >= 0.6 is 0 Å². The Morgan fingerprint density at radius 2 is 2.15 bits per heavy atom. The van der Waals surface area contributed by atoms with Gasteiger partial charge in [-0.1, -0.05) is 0 Å². The van der Waals surface area contributed by atoms with E-state index in [9.17, 15) is 5.11 Å². The van der Waals surface area contributed by atoms with Crippen molar-refractivity contribution < 1.29 is 9.84 Å². The third-order valence-corrected chi connectivity index (χ3v) is 3.86.